The number of nitrogens with zero attached hydrogens (tertiary/aromatic N) is 6. The molecule has 1 amide bonds. The number of carbonyl (C=O) groups is 2. The molecule has 2 fully saturated rings. The number of anilines is 1. The van der Waals surface area contributed by atoms with Crippen LogP contribution in [0.5, 0.6) is 0 Å². The van der Waals surface area contributed by atoms with Crippen molar-refractivity contribution >= 4 is 52.1 Å². The maximum Gasteiger partial charge on any atom is 0.303 e. The third kappa shape index (κ3) is 5.43. The van der Waals surface area contributed by atoms with Crippen molar-refractivity contribution in [2.75, 3.05) is 37.6 Å². The number of aliphatic carboxylic acids is 1. The molecule has 0 saturated carbocycles. The number of likely N-dealkylation sites (tertiary alicyclic amines) is 1. The van der Waals surface area contributed by atoms with Crippen molar-refractivity contribution in [2.45, 2.75) is 38.6 Å². The molecule has 2 aliphatic heterocycles. The van der Waals surface area contributed by atoms with Crippen molar-refractivity contribution in [3.63, 3.8) is 0 Å². The summed E-state index contributed by atoms with van der Waals surface area (Å²) < 4.78 is 1.67. The summed E-state index contributed by atoms with van der Waals surface area (Å²) in [6.45, 7) is 6.52. The third-order valence-electron chi connectivity index (χ3n) is 7.71. The van der Waals surface area contributed by atoms with E-state index in [1.807, 2.05) is 13.0 Å². The smallest absolute Gasteiger partial charge is 0.303 e. The quantitative estimate of drug-likeness (QED) is 0.404. The molecule has 0 spiro atoms. The average Bonchev–Trinajstić information content (AvgIpc) is 3.22. The molecule has 0 aliphatic carbocycles. The molecular formula is C26H31Cl2N7O3. The second-order valence-corrected chi connectivity index (χ2v) is 11.1. The number of nitrogens with two attached hydrogens (primary N) is 1. The Balaban J connectivity index is 1.32. The number of rotatable bonds is 9. The molecular weight excluding hydrogens is 529 g/mol. The predicted molar refractivity (Wildman–Crippen MR) is 146 cm³/mol. The highest BCUT2D eigenvalue weighted by Crippen LogP contribution is 2.35. The van der Waals surface area contributed by atoms with Gasteiger partial charge in [0.1, 0.15) is 0 Å². The first-order chi connectivity index (χ1) is 18.2. The monoisotopic (exact) mass is 559 g/mol. The second-order valence-electron chi connectivity index (χ2n) is 10.3. The average molecular weight is 560 g/mol. The van der Waals surface area contributed by atoms with Crippen molar-refractivity contribution < 1.29 is 14.7 Å². The van der Waals surface area contributed by atoms with Crippen LogP contribution < -0.4 is 10.6 Å². The van der Waals surface area contributed by atoms with E-state index < -0.39 is 11.9 Å². The maximum atomic E-state index is 12.1. The number of hydrogen-bond acceptors (Lipinski definition) is 7. The van der Waals surface area contributed by atoms with Gasteiger partial charge in [-0.1, -0.05) is 29.3 Å². The van der Waals surface area contributed by atoms with Gasteiger partial charge in [0.2, 0.25) is 5.95 Å². The standard InChI is InChI=1S/C26H31Cl2N7O3/c1-15(19-7-6-18(27)10-21(19)28)35-25-20(23(32-35)24(29)38)11-30-26(31-25)34-13-17(14-34)16-4-2-8-33(12-16)9-3-5-22(36)37/h6-7,10-11,15-17H,2-5,8-9,12-14H2,1H3,(H2,29,38)(H,36,37)/t15-,16-/m1/s1. The molecule has 2 atom stereocenters. The van der Waals surface area contributed by atoms with Gasteiger partial charge in [-0.05, 0) is 68.8 Å². The van der Waals surface area contributed by atoms with Gasteiger partial charge in [-0.3, -0.25) is 9.59 Å². The SMILES string of the molecule is C[C@H](c1ccc(Cl)cc1Cl)n1nc(C(N)=O)c2cnc(N3CC([C@@H]4CCCN(CCCC(=O)O)C4)C3)nc21. The molecule has 0 radical (unpaired) electrons. The largest absolute Gasteiger partial charge is 0.481 e. The van der Waals surface area contributed by atoms with Crippen LogP contribution in [-0.4, -0.2) is 74.4 Å². The van der Waals surface area contributed by atoms with Gasteiger partial charge in [0.25, 0.3) is 5.91 Å². The molecule has 4 heterocycles. The van der Waals surface area contributed by atoms with Gasteiger partial charge in [-0.2, -0.15) is 10.1 Å². The summed E-state index contributed by atoms with van der Waals surface area (Å²) in [6, 6.07) is 4.95. The Morgan fingerprint density at radius 2 is 2.00 bits per heavy atom. The Bertz CT molecular complexity index is 1360. The summed E-state index contributed by atoms with van der Waals surface area (Å²) in [4.78, 5) is 36.9. The molecule has 3 N–H and O–H groups in total. The van der Waals surface area contributed by atoms with Crippen LogP contribution in [0.15, 0.2) is 24.4 Å². The van der Waals surface area contributed by atoms with Crippen LogP contribution in [0.25, 0.3) is 11.0 Å². The summed E-state index contributed by atoms with van der Waals surface area (Å²) in [5.41, 5.74) is 7.06. The Hall–Kier alpha value is -2.95. The van der Waals surface area contributed by atoms with Gasteiger partial charge in [-0.25, -0.2) is 9.67 Å². The number of amides is 1. The lowest BCUT2D eigenvalue weighted by Gasteiger charge is -2.46. The number of halogens is 2. The molecule has 5 rings (SSSR count). The van der Waals surface area contributed by atoms with E-state index in [1.54, 1.807) is 23.0 Å². The minimum Gasteiger partial charge on any atom is -0.481 e. The fourth-order valence-corrected chi connectivity index (χ4v) is 6.16. The van der Waals surface area contributed by atoms with Crippen molar-refractivity contribution in [3.05, 3.63) is 45.7 Å². The van der Waals surface area contributed by atoms with Crippen LogP contribution in [0.1, 0.15) is 54.7 Å². The number of fused-ring (bicyclic) bond motifs is 1. The van der Waals surface area contributed by atoms with Gasteiger partial charge in [0, 0.05) is 42.3 Å². The summed E-state index contributed by atoms with van der Waals surface area (Å²) in [5, 5.41) is 14.9. The lowest BCUT2D eigenvalue weighted by molar-refractivity contribution is -0.137. The highest BCUT2D eigenvalue weighted by Gasteiger charge is 2.37. The van der Waals surface area contributed by atoms with E-state index in [9.17, 15) is 9.59 Å². The summed E-state index contributed by atoms with van der Waals surface area (Å²) in [5.74, 6) is 0.324. The van der Waals surface area contributed by atoms with Gasteiger partial charge in [-0.15, -0.1) is 0 Å². The fraction of sp³-hybridized carbons (Fsp3) is 0.500. The first-order valence-electron chi connectivity index (χ1n) is 12.9. The van der Waals surface area contributed by atoms with Crippen LogP contribution >= 0.6 is 23.2 Å². The zero-order chi connectivity index (χ0) is 27.0. The molecule has 12 heteroatoms. The number of carboxylic acid groups (broad SMARTS) is 1. The fourth-order valence-electron chi connectivity index (χ4n) is 5.60. The molecule has 10 nitrogen and oxygen atoms in total. The Labute approximate surface area is 230 Å². The molecule has 0 unspecified atom stereocenters. The predicted octanol–water partition coefficient (Wildman–Crippen LogP) is 3.85. The van der Waals surface area contributed by atoms with Crippen molar-refractivity contribution in [1.82, 2.24) is 24.6 Å². The van der Waals surface area contributed by atoms with E-state index in [0.29, 0.717) is 45.3 Å². The number of hydrogen-bond donors (Lipinski definition) is 2. The van der Waals surface area contributed by atoms with Gasteiger partial charge < -0.3 is 20.6 Å². The Morgan fingerprint density at radius 3 is 2.71 bits per heavy atom. The third-order valence-corrected chi connectivity index (χ3v) is 8.28. The molecule has 202 valence electrons. The van der Waals surface area contributed by atoms with E-state index >= 15 is 0 Å². The zero-order valence-corrected chi connectivity index (χ0v) is 22.7. The van der Waals surface area contributed by atoms with E-state index in [-0.39, 0.29) is 18.2 Å². The van der Waals surface area contributed by atoms with E-state index in [1.165, 1.54) is 6.42 Å². The summed E-state index contributed by atoms with van der Waals surface area (Å²) in [6.07, 6.45) is 4.84. The normalized spacial score (nSPS) is 19.4. The van der Waals surface area contributed by atoms with Crippen LogP contribution in [0.2, 0.25) is 10.0 Å². The van der Waals surface area contributed by atoms with Gasteiger partial charge in [0.15, 0.2) is 11.3 Å². The van der Waals surface area contributed by atoms with Crippen LogP contribution in [0.3, 0.4) is 0 Å². The van der Waals surface area contributed by atoms with Crippen LogP contribution in [-0.2, 0) is 4.79 Å². The summed E-state index contributed by atoms with van der Waals surface area (Å²) in [7, 11) is 0. The number of carboxylic acids is 1. The van der Waals surface area contributed by atoms with Crippen LogP contribution in [0.4, 0.5) is 5.95 Å². The van der Waals surface area contributed by atoms with Crippen LogP contribution in [0, 0.1) is 11.8 Å². The minimum absolute atomic E-state index is 0.121. The summed E-state index contributed by atoms with van der Waals surface area (Å²) >= 11 is 12.5. The Kier molecular flexibility index (Phi) is 7.74. The molecule has 2 aliphatic rings. The van der Waals surface area contributed by atoms with Crippen molar-refractivity contribution in [2.24, 2.45) is 17.6 Å². The Morgan fingerprint density at radius 1 is 1.21 bits per heavy atom. The van der Waals surface area contributed by atoms with Crippen molar-refractivity contribution in [3.8, 4) is 0 Å². The topological polar surface area (TPSA) is 130 Å². The molecule has 2 aromatic heterocycles. The highest BCUT2D eigenvalue weighted by atomic mass is 35.5. The maximum absolute atomic E-state index is 12.1. The number of primary amides is 1. The van der Waals surface area contributed by atoms with E-state index in [2.05, 4.69) is 19.9 Å². The lowest BCUT2D eigenvalue weighted by atomic mass is 9.80. The molecule has 2 saturated heterocycles. The zero-order valence-electron chi connectivity index (χ0n) is 21.2. The minimum atomic E-state index is -0.736. The molecule has 3 aromatic rings. The number of piperidine rings is 1. The molecule has 38 heavy (non-hydrogen) atoms. The lowest BCUT2D eigenvalue weighted by Crippen LogP contribution is -2.54. The first kappa shape index (κ1) is 26.6. The van der Waals surface area contributed by atoms with Gasteiger partial charge >= 0.3 is 5.97 Å². The number of carbonyl (C=O) groups excluding carboxylic acids is 1. The van der Waals surface area contributed by atoms with E-state index in [0.717, 1.165) is 44.7 Å². The highest BCUT2D eigenvalue weighted by molar-refractivity contribution is 6.35. The molecule has 1 aromatic carbocycles. The van der Waals surface area contributed by atoms with Gasteiger partial charge in [0.05, 0.1) is 11.4 Å². The molecule has 0 bridgehead atoms. The second kappa shape index (κ2) is 11.0. The van der Waals surface area contributed by atoms with E-state index in [4.69, 9.17) is 39.0 Å². The number of benzene rings is 1. The first-order valence-corrected chi connectivity index (χ1v) is 13.7. The number of aromatic nitrogens is 4. The van der Waals surface area contributed by atoms with Crippen molar-refractivity contribution in [1.29, 1.82) is 0 Å².